The van der Waals surface area contributed by atoms with Crippen LogP contribution in [-0.2, 0) is 16.0 Å². The molecule has 1 aliphatic heterocycles. The highest BCUT2D eigenvalue weighted by atomic mass is 16.6. The van der Waals surface area contributed by atoms with Crippen LogP contribution in [0.25, 0.3) is 0 Å². The van der Waals surface area contributed by atoms with Crippen molar-refractivity contribution in [1.29, 1.82) is 0 Å². The molecule has 0 aliphatic carbocycles. The Kier molecular flexibility index (Phi) is 5.24. The number of rotatable bonds is 6. The maximum Gasteiger partial charge on any atom is 0.322 e. The summed E-state index contributed by atoms with van der Waals surface area (Å²) in [6.07, 6.45) is 0.820. The van der Waals surface area contributed by atoms with E-state index in [2.05, 4.69) is 5.32 Å². The Morgan fingerprint density at radius 2 is 2.10 bits per heavy atom. The van der Waals surface area contributed by atoms with Crippen molar-refractivity contribution in [2.24, 2.45) is 0 Å². The molecule has 1 unspecified atom stereocenters. The lowest BCUT2D eigenvalue weighted by Gasteiger charge is -2.19. The van der Waals surface area contributed by atoms with E-state index in [0.717, 1.165) is 23.5 Å². The van der Waals surface area contributed by atoms with Crippen molar-refractivity contribution in [3.05, 3.63) is 23.8 Å². The summed E-state index contributed by atoms with van der Waals surface area (Å²) in [5, 5.41) is 3.15. The standard InChI is InChI=1S/C15H21NO4/c1-3-18-15(17)11(2)16-7-6-12-4-5-13-14(10-12)20-9-8-19-13/h4-5,10-11,16H,3,6-9H2,1-2H3. The van der Waals surface area contributed by atoms with Gasteiger partial charge in [0.05, 0.1) is 6.61 Å². The topological polar surface area (TPSA) is 56.8 Å². The second-order valence-electron chi connectivity index (χ2n) is 4.66. The molecule has 1 aliphatic rings. The minimum absolute atomic E-state index is 0.213. The summed E-state index contributed by atoms with van der Waals surface area (Å²) >= 11 is 0. The Hall–Kier alpha value is -1.75. The van der Waals surface area contributed by atoms with Gasteiger partial charge in [-0.05, 0) is 44.5 Å². The molecule has 0 fully saturated rings. The Morgan fingerprint density at radius 1 is 1.35 bits per heavy atom. The van der Waals surface area contributed by atoms with Gasteiger partial charge in [0.25, 0.3) is 0 Å². The SMILES string of the molecule is CCOC(=O)C(C)NCCc1ccc2c(c1)OCCO2. The first-order valence-electron chi connectivity index (χ1n) is 6.99. The van der Waals surface area contributed by atoms with Crippen LogP contribution in [-0.4, -0.2) is 38.4 Å². The van der Waals surface area contributed by atoms with Crippen molar-refractivity contribution < 1.29 is 19.0 Å². The zero-order valence-corrected chi connectivity index (χ0v) is 12.0. The number of ether oxygens (including phenoxy) is 3. The first kappa shape index (κ1) is 14.7. The van der Waals surface area contributed by atoms with Gasteiger partial charge < -0.3 is 19.5 Å². The Morgan fingerprint density at radius 3 is 2.85 bits per heavy atom. The normalized spacial score (nSPS) is 14.7. The number of esters is 1. The van der Waals surface area contributed by atoms with Gasteiger partial charge in [-0.25, -0.2) is 0 Å². The van der Waals surface area contributed by atoms with E-state index < -0.39 is 0 Å². The number of nitrogens with one attached hydrogen (secondary N) is 1. The number of benzene rings is 1. The summed E-state index contributed by atoms with van der Waals surface area (Å²) in [7, 11) is 0. The van der Waals surface area contributed by atoms with E-state index >= 15 is 0 Å². The van der Waals surface area contributed by atoms with Crippen molar-refractivity contribution in [3.8, 4) is 11.5 Å². The Bertz CT molecular complexity index is 461. The fraction of sp³-hybridized carbons (Fsp3) is 0.533. The molecule has 0 amide bonds. The van der Waals surface area contributed by atoms with E-state index in [-0.39, 0.29) is 12.0 Å². The van der Waals surface area contributed by atoms with Crippen LogP contribution in [0.4, 0.5) is 0 Å². The van der Waals surface area contributed by atoms with Crippen molar-refractivity contribution in [2.75, 3.05) is 26.4 Å². The Labute approximate surface area is 119 Å². The van der Waals surface area contributed by atoms with Crippen LogP contribution in [0.2, 0.25) is 0 Å². The van der Waals surface area contributed by atoms with Crippen LogP contribution >= 0.6 is 0 Å². The van der Waals surface area contributed by atoms with E-state index in [1.807, 2.05) is 25.1 Å². The largest absolute Gasteiger partial charge is 0.486 e. The third-order valence-corrected chi connectivity index (χ3v) is 3.11. The summed E-state index contributed by atoms with van der Waals surface area (Å²) in [5.74, 6) is 1.38. The zero-order chi connectivity index (χ0) is 14.4. The summed E-state index contributed by atoms with van der Waals surface area (Å²) in [6, 6.07) is 5.65. The van der Waals surface area contributed by atoms with Gasteiger partial charge in [-0.15, -0.1) is 0 Å². The van der Waals surface area contributed by atoms with E-state index in [1.54, 1.807) is 6.92 Å². The molecule has 5 heteroatoms. The highest BCUT2D eigenvalue weighted by Gasteiger charge is 2.14. The number of fused-ring (bicyclic) bond motifs is 1. The maximum absolute atomic E-state index is 11.5. The first-order valence-corrected chi connectivity index (χ1v) is 6.99. The lowest BCUT2D eigenvalue weighted by molar-refractivity contribution is -0.145. The van der Waals surface area contributed by atoms with Crippen LogP contribution < -0.4 is 14.8 Å². The van der Waals surface area contributed by atoms with Gasteiger partial charge >= 0.3 is 5.97 Å². The molecular formula is C15H21NO4. The van der Waals surface area contributed by atoms with Gasteiger partial charge in [0.1, 0.15) is 19.3 Å². The highest BCUT2D eigenvalue weighted by molar-refractivity contribution is 5.75. The third kappa shape index (κ3) is 3.87. The Balaban J connectivity index is 1.81. The van der Waals surface area contributed by atoms with Crippen LogP contribution in [0.1, 0.15) is 19.4 Å². The summed E-state index contributed by atoms with van der Waals surface area (Å²) in [5.41, 5.74) is 1.15. The molecule has 1 atom stereocenters. The van der Waals surface area contributed by atoms with Gasteiger partial charge in [0.2, 0.25) is 0 Å². The van der Waals surface area contributed by atoms with Gasteiger partial charge in [-0.2, -0.15) is 0 Å². The first-order chi connectivity index (χ1) is 9.70. The summed E-state index contributed by atoms with van der Waals surface area (Å²) in [4.78, 5) is 11.5. The van der Waals surface area contributed by atoms with Gasteiger partial charge in [0.15, 0.2) is 11.5 Å². The summed E-state index contributed by atoms with van der Waals surface area (Å²) in [6.45, 7) is 5.92. The zero-order valence-electron chi connectivity index (χ0n) is 12.0. The minimum atomic E-state index is -0.285. The van der Waals surface area contributed by atoms with E-state index in [0.29, 0.717) is 26.4 Å². The molecule has 0 saturated heterocycles. The highest BCUT2D eigenvalue weighted by Crippen LogP contribution is 2.30. The van der Waals surface area contributed by atoms with E-state index in [9.17, 15) is 4.79 Å². The maximum atomic E-state index is 11.5. The molecule has 0 spiro atoms. The number of carbonyl (C=O) groups excluding carboxylic acids is 1. The monoisotopic (exact) mass is 279 g/mol. The smallest absolute Gasteiger partial charge is 0.322 e. The number of carbonyl (C=O) groups is 1. The molecule has 0 radical (unpaired) electrons. The van der Waals surface area contributed by atoms with Gasteiger partial charge in [0, 0.05) is 0 Å². The average molecular weight is 279 g/mol. The van der Waals surface area contributed by atoms with Crippen LogP contribution in [0.15, 0.2) is 18.2 Å². The van der Waals surface area contributed by atoms with E-state index in [4.69, 9.17) is 14.2 Å². The molecule has 2 rings (SSSR count). The molecule has 1 aromatic rings. The van der Waals surface area contributed by atoms with E-state index in [1.165, 1.54) is 0 Å². The predicted molar refractivity (Wildman–Crippen MR) is 75.2 cm³/mol. The molecule has 1 aromatic carbocycles. The minimum Gasteiger partial charge on any atom is -0.486 e. The van der Waals surface area contributed by atoms with Crippen LogP contribution in [0.5, 0.6) is 11.5 Å². The predicted octanol–water partition coefficient (Wildman–Crippen LogP) is 1.54. The van der Waals surface area contributed by atoms with Crippen molar-refractivity contribution in [3.63, 3.8) is 0 Å². The van der Waals surface area contributed by atoms with Crippen molar-refractivity contribution >= 4 is 5.97 Å². The molecule has 5 nitrogen and oxygen atoms in total. The van der Waals surface area contributed by atoms with Crippen LogP contribution in [0.3, 0.4) is 0 Å². The van der Waals surface area contributed by atoms with Crippen molar-refractivity contribution in [1.82, 2.24) is 5.32 Å². The molecule has 110 valence electrons. The molecule has 1 heterocycles. The lowest BCUT2D eigenvalue weighted by atomic mass is 10.1. The molecule has 0 saturated carbocycles. The fourth-order valence-corrected chi connectivity index (χ4v) is 2.03. The molecule has 0 bridgehead atoms. The average Bonchev–Trinajstić information content (AvgIpc) is 2.47. The number of hydrogen-bond acceptors (Lipinski definition) is 5. The molecule has 0 aromatic heterocycles. The second kappa shape index (κ2) is 7.14. The lowest BCUT2D eigenvalue weighted by Crippen LogP contribution is -2.36. The van der Waals surface area contributed by atoms with Crippen LogP contribution in [0, 0.1) is 0 Å². The molecule has 1 N–H and O–H groups in total. The van der Waals surface area contributed by atoms with Crippen molar-refractivity contribution in [2.45, 2.75) is 26.3 Å². The second-order valence-corrected chi connectivity index (χ2v) is 4.66. The summed E-state index contributed by atoms with van der Waals surface area (Å²) < 4.78 is 16.0. The third-order valence-electron chi connectivity index (χ3n) is 3.11. The fourth-order valence-electron chi connectivity index (χ4n) is 2.03. The molecule has 20 heavy (non-hydrogen) atoms. The molecular weight excluding hydrogens is 258 g/mol. The quantitative estimate of drug-likeness (QED) is 0.801. The van der Waals surface area contributed by atoms with Gasteiger partial charge in [-0.3, -0.25) is 4.79 Å². The number of hydrogen-bond donors (Lipinski definition) is 1. The van der Waals surface area contributed by atoms with Gasteiger partial charge in [-0.1, -0.05) is 6.07 Å².